The molecule has 2 aliphatic rings. The van der Waals surface area contributed by atoms with Crippen molar-refractivity contribution in [1.82, 2.24) is 77.3 Å². The van der Waals surface area contributed by atoms with E-state index in [4.69, 9.17) is 39.9 Å². The normalized spacial score (nSPS) is 12.0. The number of benzene rings is 16. The van der Waals surface area contributed by atoms with Gasteiger partial charge in [-0.25, -0.2) is 9.97 Å². The van der Waals surface area contributed by atoms with Gasteiger partial charge in [0, 0.05) is 202 Å². The van der Waals surface area contributed by atoms with Crippen molar-refractivity contribution in [2.75, 3.05) is 43.4 Å². The van der Waals surface area contributed by atoms with Gasteiger partial charge in [0.2, 0.25) is 0 Å². The first-order valence-electron chi connectivity index (χ1n) is 45.1. The van der Waals surface area contributed by atoms with Crippen LogP contribution in [0, 0.1) is 0 Å². The molecule has 2 aliphatic heterocycles. The SMILES string of the molecule is [Zn+2].c1ccc2c(c1)ccn2Nc1c2c(c(Nn3ccc4ccccc43)c3ccccc13)-c1nc-2nc2[n-]c(nc3nc(nc4[n-]c(n1)c1c(Nn5ccc6ccccc65)c5ccccc5c(Nn5ccc6ccccc65)c41)-c1c-3c(Nn3ccc4ccccc43)c3ccccc3c1Nn1ccc3ccccc31)c1c(Nn3ccc4ccccc43)c3ccccc3c(Nn3ccc4ccccc43)c21. The van der Waals surface area contributed by atoms with Crippen molar-refractivity contribution >= 4 is 220 Å². The Balaban J connectivity index is 0.00000927. The Morgan fingerprint density at radius 1 is 0.161 bits per heavy atom. The van der Waals surface area contributed by atoms with Crippen LogP contribution in [0.25, 0.3) is 220 Å². The van der Waals surface area contributed by atoms with Crippen LogP contribution < -0.4 is 53.4 Å². The topological polar surface area (TPSA) is 241 Å². The average Bonchev–Trinajstić information content (AvgIpc) is 1.55. The number of fused-ring (bicyclic) bond motifs is 32. The zero-order chi connectivity index (χ0) is 88.9. The minimum atomic E-state index is 0. The maximum Gasteiger partial charge on any atom is 2.00 e. The van der Waals surface area contributed by atoms with E-state index < -0.39 is 0 Å². The molecule has 25 heteroatoms. The van der Waals surface area contributed by atoms with Crippen molar-refractivity contribution < 1.29 is 19.5 Å². The monoisotopic (exact) mass is 1820 g/mol. The predicted molar refractivity (Wildman–Crippen MR) is 552 cm³/mol. The van der Waals surface area contributed by atoms with Gasteiger partial charge in [-0.3, -0.25) is 80.8 Å². The van der Waals surface area contributed by atoms with E-state index in [0.717, 1.165) is 130 Å². The molecule has 24 nitrogen and oxygen atoms in total. The van der Waals surface area contributed by atoms with E-state index in [1.54, 1.807) is 0 Å². The van der Waals surface area contributed by atoms with Crippen molar-refractivity contribution in [2.24, 2.45) is 0 Å². The molecule has 27 aromatic rings. The van der Waals surface area contributed by atoms with E-state index in [-0.39, 0.29) is 65.4 Å². The van der Waals surface area contributed by atoms with E-state index in [0.29, 0.717) is 89.3 Å². The van der Waals surface area contributed by atoms with Crippen molar-refractivity contribution in [2.45, 2.75) is 0 Å². The van der Waals surface area contributed by atoms with E-state index >= 15 is 0 Å². The van der Waals surface area contributed by atoms with Gasteiger partial charge in [0.05, 0.1) is 113 Å². The Morgan fingerprint density at radius 3 is 0.482 bits per heavy atom. The first-order chi connectivity index (χ1) is 67.4. The summed E-state index contributed by atoms with van der Waals surface area (Å²) in [6.45, 7) is 0. The molecule has 0 unspecified atom stereocenters. The molecule has 16 aromatic carbocycles. The molecule has 0 fully saturated rings. The van der Waals surface area contributed by atoms with E-state index in [2.05, 4.69) is 470 Å². The summed E-state index contributed by atoms with van der Waals surface area (Å²) < 4.78 is 16.6. The molecule has 0 aliphatic carbocycles. The van der Waals surface area contributed by atoms with Crippen molar-refractivity contribution in [1.29, 1.82) is 0 Å². The maximum atomic E-state index is 6.26. The zero-order valence-corrected chi connectivity index (χ0v) is 75.8. The fraction of sp³-hybridized carbons (Fsp3) is 0. The van der Waals surface area contributed by atoms with Gasteiger partial charge in [-0.2, -0.15) is 0 Å². The number of rotatable bonds is 16. The van der Waals surface area contributed by atoms with E-state index in [1.165, 1.54) is 0 Å². The molecule has 0 radical (unpaired) electrons. The third kappa shape index (κ3) is 11.9. The van der Waals surface area contributed by atoms with Crippen LogP contribution >= 0.6 is 0 Å². The van der Waals surface area contributed by atoms with Crippen LogP contribution in [-0.2, 0) is 19.5 Å². The van der Waals surface area contributed by atoms with Gasteiger partial charge in [0.25, 0.3) is 0 Å². The van der Waals surface area contributed by atoms with Crippen molar-refractivity contribution in [3.05, 3.63) is 389 Å². The van der Waals surface area contributed by atoms with Gasteiger partial charge in [0.15, 0.2) is 0 Å². The van der Waals surface area contributed by atoms with Gasteiger partial charge in [-0.1, -0.05) is 243 Å². The second-order valence-corrected chi connectivity index (χ2v) is 34.5. The molecular formula is C112H72N24Zn. The number of hydrogen-bond donors (Lipinski definition) is 8. The molecule has 0 saturated carbocycles. The van der Waals surface area contributed by atoms with Gasteiger partial charge in [-0.15, -0.1) is 0 Å². The second kappa shape index (κ2) is 30.2. The fourth-order valence-electron chi connectivity index (χ4n) is 20.8. The minimum Gasteiger partial charge on any atom is -0.357 e. The molecule has 8 N–H and O–H groups in total. The number of aromatic nitrogens is 16. The third-order valence-corrected chi connectivity index (χ3v) is 27.0. The smallest absolute Gasteiger partial charge is 0.357 e. The van der Waals surface area contributed by atoms with Gasteiger partial charge >= 0.3 is 19.5 Å². The summed E-state index contributed by atoms with van der Waals surface area (Å²) in [6, 6.07) is 118. The van der Waals surface area contributed by atoms with Crippen molar-refractivity contribution in [3.63, 3.8) is 0 Å². The van der Waals surface area contributed by atoms with Gasteiger partial charge < -0.3 is 29.9 Å². The Hall–Kier alpha value is -18.7. The largest absolute Gasteiger partial charge is 2.00 e. The summed E-state index contributed by atoms with van der Waals surface area (Å²) in [4.78, 5) is 49.4. The number of nitrogens with one attached hydrogen (secondary N) is 8. The summed E-state index contributed by atoms with van der Waals surface area (Å²) in [5.41, 5.74) is 49.0. The van der Waals surface area contributed by atoms with Crippen LogP contribution in [0.15, 0.2) is 389 Å². The molecule has 8 bridgehead atoms. The first kappa shape index (κ1) is 77.1. The minimum absolute atomic E-state index is 0. The van der Waals surface area contributed by atoms with Crippen molar-refractivity contribution in [3.8, 4) is 45.6 Å². The average molecular weight is 1820 g/mol. The molecule has 11 aromatic heterocycles. The zero-order valence-electron chi connectivity index (χ0n) is 72.8. The van der Waals surface area contributed by atoms with Crippen LogP contribution in [0.5, 0.6) is 0 Å². The van der Waals surface area contributed by atoms with E-state index in [9.17, 15) is 0 Å². The Kier molecular flexibility index (Phi) is 17.0. The van der Waals surface area contributed by atoms with Gasteiger partial charge in [0.1, 0.15) is 0 Å². The Bertz CT molecular complexity index is 8860. The fourth-order valence-corrected chi connectivity index (χ4v) is 20.8. The second-order valence-electron chi connectivity index (χ2n) is 34.5. The van der Waals surface area contributed by atoms with Crippen LogP contribution in [0.3, 0.4) is 0 Å². The molecule has 0 atom stereocenters. The van der Waals surface area contributed by atoms with E-state index in [1.807, 2.05) is 0 Å². The van der Waals surface area contributed by atoms with Crippen LogP contribution in [0.1, 0.15) is 0 Å². The van der Waals surface area contributed by atoms with Crippen LogP contribution in [-0.4, -0.2) is 67.3 Å². The predicted octanol–water partition coefficient (Wildman–Crippen LogP) is 25.4. The first-order valence-corrected chi connectivity index (χ1v) is 45.1. The molecule has 642 valence electrons. The quantitative estimate of drug-likeness (QED) is 0.0331. The summed E-state index contributed by atoms with van der Waals surface area (Å²) in [6.07, 6.45) is 16.5. The molecule has 137 heavy (non-hydrogen) atoms. The molecule has 0 spiro atoms. The molecule has 13 heterocycles. The van der Waals surface area contributed by atoms with Crippen LogP contribution in [0.4, 0.5) is 45.5 Å². The number of nitrogens with zero attached hydrogens (tertiary/aromatic N) is 16. The Morgan fingerprint density at radius 2 is 0.307 bits per heavy atom. The summed E-state index contributed by atoms with van der Waals surface area (Å²) in [5, 5.41) is 17.4. The summed E-state index contributed by atoms with van der Waals surface area (Å²) >= 11 is 0. The third-order valence-electron chi connectivity index (χ3n) is 27.0. The molecule has 0 amide bonds. The Labute approximate surface area is 789 Å². The standard InChI is InChI=1S/C112H72N24.Zn/c1-17-41-81-65(25-1)49-57-129(81)121-97-73-33-9-10-34-74(73)98(122-130-58-50-66-26-2-18-42-82(66)130)90-89(97)105-113-106(90)118-108-93-94(102(126-134-62-54-70-30-6-22-46-86(70)134)78-38-14-13-37-77(78)101(93)125-133-61-53-69-29-5-21-45-85(69)133)110(115-108)120-112-96-95(103(127-135-63-55-71-31-7-23-47-87(71)135)79-39-15-16-40-80(79)104(96)128-136-64-56-72-32-8-24-48-88(72)136)111(116-112)119-109-92-91(107(114-109)117-105)99(123-131-59-51-67-27-3-19-43-83(67)131)75-35-11-12-36-76(75)100(92)124-132-60-52-68-28-4-20-44-84(68)132;/h1-64,121-128H;/q-2;+2. The summed E-state index contributed by atoms with van der Waals surface area (Å²) in [7, 11) is 0. The molecular weight excluding hydrogens is 1750 g/mol. The van der Waals surface area contributed by atoms with Gasteiger partial charge in [-0.05, 0) is 97.1 Å². The number of anilines is 8. The maximum absolute atomic E-state index is 6.26. The molecule has 0 saturated heterocycles. The van der Waals surface area contributed by atoms with Crippen LogP contribution in [0.2, 0.25) is 0 Å². The molecule has 29 rings (SSSR count). The number of hydrogen-bond acceptors (Lipinski definition) is 14. The number of para-hydroxylation sites is 8. The summed E-state index contributed by atoms with van der Waals surface area (Å²) in [5.74, 6) is 1.07.